The van der Waals surface area contributed by atoms with Crippen LogP contribution in [0.3, 0.4) is 0 Å². The molecule has 2 unspecified atom stereocenters. The van der Waals surface area contributed by atoms with Gasteiger partial charge in [-0.15, -0.1) is 0 Å². The summed E-state index contributed by atoms with van der Waals surface area (Å²) in [6.45, 7) is 1.78. The van der Waals surface area contributed by atoms with Crippen molar-refractivity contribution in [1.82, 2.24) is 0 Å². The molecule has 1 heterocycles. The Kier molecular flexibility index (Phi) is 3.64. The lowest BCUT2D eigenvalue weighted by molar-refractivity contribution is -0.159. The van der Waals surface area contributed by atoms with Crippen LogP contribution in [0.25, 0.3) is 11.0 Å². The minimum absolute atomic E-state index is 0.148. The van der Waals surface area contributed by atoms with E-state index >= 15 is 0 Å². The fourth-order valence-electron chi connectivity index (χ4n) is 1.75. The number of benzene rings is 1. The summed E-state index contributed by atoms with van der Waals surface area (Å²) in [7, 11) is 0. The number of carbonyl (C=O) groups is 1. The topological polar surface area (TPSA) is 79.9 Å². The van der Waals surface area contributed by atoms with Crippen molar-refractivity contribution >= 4 is 16.9 Å². The molecule has 0 aliphatic rings. The molecule has 2 atom stereocenters. The van der Waals surface area contributed by atoms with Crippen molar-refractivity contribution in [2.75, 3.05) is 6.61 Å². The number of aliphatic hydroxyl groups is 2. The van der Waals surface area contributed by atoms with E-state index in [1.165, 1.54) is 6.26 Å². The van der Waals surface area contributed by atoms with E-state index in [-0.39, 0.29) is 6.61 Å². The Morgan fingerprint density at radius 1 is 1.39 bits per heavy atom. The number of carbonyl (C=O) groups excluding carboxylic acids is 1. The van der Waals surface area contributed by atoms with Gasteiger partial charge in [0, 0.05) is 10.9 Å². The summed E-state index contributed by atoms with van der Waals surface area (Å²) in [5, 5.41) is 20.3. The first kappa shape index (κ1) is 12.6. The summed E-state index contributed by atoms with van der Waals surface area (Å²) in [5.74, 6) is -0.852. The molecular formula is C13H14O5. The second-order valence-corrected chi connectivity index (χ2v) is 3.83. The molecule has 0 amide bonds. The lowest BCUT2D eigenvalue weighted by atomic mass is 10.0. The lowest BCUT2D eigenvalue weighted by Crippen LogP contribution is -2.29. The number of rotatable bonds is 4. The van der Waals surface area contributed by atoms with Crippen LogP contribution in [0, 0.1) is 0 Å². The highest BCUT2D eigenvalue weighted by atomic mass is 16.5. The molecule has 0 radical (unpaired) electrons. The van der Waals surface area contributed by atoms with Gasteiger partial charge in [-0.25, -0.2) is 4.79 Å². The molecular weight excluding hydrogens is 236 g/mol. The number of hydrogen-bond donors (Lipinski definition) is 2. The number of aliphatic hydroxyl groups excluding tert-OH is 2. The molecule has 96 valence electrons. The third kappa shape index (κ3) is 2.23. The quantitative estimate of drug-likeness (QED) is 0.801. The zero-order valence-electron chi connectivity index (χ0n) is 9.87. The van der Waals surface area contributed by atoms with E-state index in [4.69, 9.17) is 4.42 Å². The fraction of sp³-hybridized carbons (Fsp3) is 0.308. The van der Waals surface area contributed by atoms with E-state index in [1.807, 2.05) is 0 Å². The van der Waals surface area contributed by atoms with Gasteiger partial charge in [-0.2, -0.15) is 0 Å². The van der Waals surface area contributed by atoms with Crippen molar-refractivity contribution < 1.29 is 24.2 Å². The van der Waals surface area contributed by atoms with E-state index in [2.05, 4.69) is 4.74 Å². The minimum Gasteiger partial charge on any atom is -0.464 e. The second kappa shape index (κ2) is 5.20. The Morgan fingerprint density at radius 2 is 2.11 bits per heavy atom. The molecule has 2 rings (SSSR count). The van der Waals surface area contributed by atoms with Crippen molar-refractivity contribution in [1.29, 1.82) is 0 Å². The molecule has 18 heavy (non-hydrogen) atoms. The van der Waals surface area contributed by atoms with Gasteiger partial charge >= 0.3 is 5.97 Å². The van der Waals surface area contributed by atoms with Crippen LogP contribution in [-0.2, 0) is 9.53 Å². The van der Waals surface area contributed by atoms with Gasteiger partial charge in [0.25, 0.3) is 0 Å². The van der Waals surface area contributed by atoms with Gasteiger partial charge in [-0.3, -0.25) is 0 Å². The number of esters is 1. The van der Waals surface area contributed by atoms with Crippen LogP contribution < -0.4 is 0 Å². The van der Waals surface area contributed by atoms with E-state index in [1.54, 1.807) is 31.2 Å². The predicted octanol–water partition coefficient (Wildman–Crippen LogP) is 1.39. The van der Waals surface area contributed by atoms with Crippen molar-refractivity contribution in [3.63, 3.8) is 0 Å². The summed E-state index contributed by atoms with van der Waals surface area (Å²) in [6, 6.07) is 7.06. The van der Waals surface area contributed by atoms with Gasteiger partial charge in [-0.1, -0.05) is 18.2 Å². The number of ether oxygens (including phenoxy) is 1. The van der Waals surface area contributed by atoms with Crippen molar-refractivity contribution in [2.24, 2.45) is 0 Å². The highest BCUT2D eigenvalue weighted by Crippen LogP contribution is 2.28. The summed E-state index contributed by atoms with van der Waals surface area (Å²) < 4.78 is 9.89. The van der Waals surface area contributed by atoms with Gasteiger partial charge in [0.05, 0.1) is 12.9 Å². The van der Waals surface area contributed by atoms with Crippen LogP contribution in [0.15, 0.2) is 34.9 Å². The van der Waals surface area contributed by atoms with E-state index in [9.17, 15) is 15.0 Å². The van der Waals surface area contributed by atoms with Gasteiger partial charge in [-0.05, 0) is 13.0 Å². The van der Waals surface area contributed by atoms with Gasteiger partial charge in [0.1, 0.15) is 11.7 Å². The van der Waals surface area contributed by atoms with Crippen molar-refractivity contribution in [3.8, 4) is 0 Å². The Labute approximate surface area is 104 Å². The Balaban J connectivity index is 2.28. The number of hydrogen-bond acceptors (Lipinski definition) is 5. The Bertz CT molecular complexity index is 545. The molecule has 5 nitrogen and oxygen atoms in total. The van der Waals surface area contributed by atoms with Crippen LogP contribution in [0.1, 0.15) is 18.6 Å². The maximum Gasteiger partial charge on any atom is 0.338 e. The Morgan fingerprint density at radius 3 is 2.83 bits per heavy atom. The van der Waals surface area contributed by atoms with Crippen LogP contribution in [0.2, 0.25) is 0 Å². The van der Waals surface area contributed by atoms with Crippen LogP contribution >= 0.6 is 0 Å². The van der Waals surface area contributed by atoms with E-state index in [0.717, 1.165) is 0 Å². The smallest absolute Gasteiger partial charge is 0.338 e. The molecule has 1 aromatic heterocycles. The summed E-state index contributed by atoms with van der Waals surface area (Å²) in [6.07, 6.45) is -1.66. The molecule has 2 N–H and O–H groups in total. The van der Waals surface area contributed by atoms with Crippen LogP contribution in [0.4, 0.5) is 0 Å². The first-order chi connectivity index (χ1) is 8.65. The molecule has 0 saturated carbocycles. The number of furan rings is 1. The number of fused-ring (bicyclic) bond motifs is 1. The summed E-state index contributed by atoms with van der Waals surface area (Å²) in [4.78, 5) is 11.4. The zero-order valence-corrected chi connectivity index (χ0v) is 9.87. The standard InChI is InChI=1S/C13H14O5/c1-2-17-13(16)12(15)11(14)9-7-18-10-6-4-3-5-8(9)10/h3-7,11-12,14-15H,2H2,1H3. The SMILES string of the molecule is CCOC(=O)C(O)C(O)c1coc2ccccc12. The Hall–Kier alpha value is -1.85. The zero-order chi connectivity index (χ0) is 13.1. The molecule has 0 aliphatic heterocycles. The molecule has 0 fully saturated rings. The van der Waals surface area contributed by atoms with Crippen LogP contribution in [-0.4, -0.2) is 28.9 Å². The lowest BCUT2D eigenvalue weighted by Gasteiger charge is -2.15. The van der Waals surface area contributed by atoms with Gasteiger partial charge in [0.15, 0.2) is 6.10 Å². The average Bonchev–Trinajstić information content (AvgIpc) is 2.81. The first-order valence-electron chi connectivity index (χ1n) is 5.64. The summed E-state index contributed by atoms with van der Waals surface area (Å²) in [5.41, 5.74) is 0.953. The molecule has 0 spiro atoms. The largest absolute Gasteiger partial charge is 0.464 e. The predicted molar refractivity (Wildman–Crippen MR) is 63.8 cm³/mol. The third-order valence-corrected chi connectivity index (χ3v) is 2.66. The number of para-hydroxylation sites is 1. The van der Waals surface area contributed by atoms with E-state index < -0.39 is 18.2 Å². The minimum atomic E-state index is -1.62. The highest BCUT2D eigenvalue weighted by Gasteiger charge is 2.29. The van der Waals surface area contributed by atoms with Gasteiger partial charge in [0.2, 0.25) is 0 Å². The monoisotopic (exact) mass is 250 g/mol. The van der Waals surface area contributed by atoms with Crippen molar-refractivity contribution in [2.45, 2.75) is 19.1 Å². The van der Waals surface area contributed by atoms with Gasteiger partial charge < -0.3 is 19.4 Å². The molecule has 0 bridgehead atoms. The summed E-state index contributed by atoms with van der Waals surface area (Å²) >= 11 is 0. The van der Waals surface area contributed by atoms with E-state index in [0.29, 0.717) is 16.5 Å². The third-order valence-electron chi connectivity index (χ3n) is 2.66. The second-order valence-electron chi connectivity index (χ2n) is 3.83. The van der Waals surface area contributed by atoms with Crippen LogP contribution in [0.5, 0.6) is 0 Å². The normalized spacial score (nSPS) is 14.4. The molecule has 1 aromatic carbocycles. The molecule has 2 aromatic rings. The highest BCUT2D eigenvalue weighted by molar-refractivity contribution is 5.83. The fourth-order valence-corrected chi connectivity index (χ4v) is 1.75. The average molecular weight is 250 g/mol. The molecule has 5 heteroatoms. The maximum absolute atomic E-state index is 11.4. The first-order valence-corrected chi connectivity index (χ1v) is 5.64. The molecule has 0 aliphatic carbocycles. The molecule has 0 saturated heterocycles. The maximum atomic E-state index is 11.4. The van der Waals surface area contributed by atoms with Crippen molar-refractivity contribution in [3.05, 3.63) is 36.1 Å².